The maximum atomic E-state index is 6.06. The second-order valence-electron chi connectivity index (χ2n) is 5.08. The molecule has 3 rings (SSSR count). The Hall–Kier alpha value is -2.01. The topological polar surface area (TPSA) is 55.3 Å². The van der Waals surface area contributed by atoms with Crippen molar-refractivity contribution in [3.8, 4) is 0 Å². The molecule has 0 unspecified atom stereocenters. The van der Waals surface area contributed by atoms with Gasteiger partial charge in [0.25, 0.3) is 0 Å². The van der Waals surface area contributed by atoms with Crippen LogP contribution in [0.2, 0.25) is 0 Å². The fraction of sp³-hybridized carbons (Fsp3) is 0.188. The number of rotatable bonds is 3. The van der Waals surface area contributed by atoms with Gasteiger partial charge in [-0.1, -0.05) is 0 Å². The number of nitrogens with two attached hydrogens (primary N) is 1. The molecule has 0 saturated heterocycles. The van der Waals surface area contributed by atoms with Gasteiger partial charge in [-0.25, -0.2) is 0 Å². The van der Waals surface area contributed by atoms with E-state index in [9.17, 15) is 0 Å². The van der Waals surface area contributed by atoms with Crippen molar-refractivity contribution >= 4 is 38.2 Å². The molecule has 5 heteroatoms. The van der Waals surface area contributed by atoms with E-state index in [1.54, 1.807) is 12.5 Å². The van der Waals surface area contributed by atoms with E-state index in [1.165, 1.54) is 5.56 Å². The van der Waals surface area contributed by atoms with Gasteiger partial charge >= 0.3 is 0 Å². The molecule has 1 aromatic carbocycles. The van der Waals surface area contributed by atoms with Crippen LogP contribution in [0.15, 0.2) is 45.6 Å². The zero-order valence-electron chi connectivity index (χ0n) is 11.9. The van der Waals surface area contributed by atoms with Gasteiger partial charge in [0.2, 0.25) is 0 Å². The monoisotopic (exact) mass is 345 g/mol. The zero-order valence-corrected chi connectivity index (χ0v) is 13.5. The van der Waals surface area contributed by atoms with Crippen LogP contribution in [0.4, 0.5) is 11.4 Å². The molecule has 0 aliphatic rings. The molecule has 0 aliphatic carbocycles. The number of nitrogens with zero attached hydrogens (tertiary/aromatic N) is 2. The van der Waals surface area contributed by atoms with Crippen LogP contribution in [0.3, 0.4) is 0 Å². The number of benzene rings is 1. The number of aryl methyl sites for hydroxylation is 1. The molecule has 0 atom stereocenters. The summed E-state index contributed by atoms with van der Waals surface area (Å²) in [5.41, 5.74) is 9.91. The number of aromatic nitrogens is 1. The number of fused-ring (bicyclic) bond motifs is 1. The van der Waals surface area contributed by atoms with Crippen LogP contribution in [0.25, 0.3) is 10.9 Å². The van der Waals surface area contributed by atoms with Gasteiger partial charge in [-0.3, -0.25) is 4.98 Å². The Morgan fingerprint density at radius 3 is 2.86 bits per heavy atom. The van der Waals surface area contributed by atoms with E-state index in [0.29, 0.717) is 0 Å². The van der Waals surface area contributed by atoms with Gasteiger partial charge in [-0.05, 0) is 47.1 Å². The third-order valence-electron chi connectivity index (χ3n) is 3.61. The van der Waals surface area contributed by atoms with Crippen molar-refractivity contribution in [2.45, 2.75) is 13.5 Å². The highest BCUT2D eigenvalue weighted by atomic mass is 79.9. The molecule has 2 aromatic heterocycles. The predicted molar refractivity (Wildman–Crippen MR) is 89.4 cm³/mol. The molecule has 2 N–H and O–H groups in total. The zero-order chi connectivity index (χ0) is 15.0. The molecule has 3 aromatic rings. The van der Waals surface area contributed by atoms with Crippen molar-refractivity contribution in [3.63, 3.8) is 0 Å². The summed E-state index contributed by atoms with van der Waals surface area (Å²) in [5, 5.41) is 0.956. The summed E-state index contributed by atoms with van der Waals surface area (Å²) in [4.78, 5) is 6.68. The largest absolute Gasteiger partial charge is 0.469 e. The van der Waals surface area contributed by atoms with Crippen LogP contribution in [0.1, 0.15) is 11.3 Å². The first kappa shape index (κ1) is 13.9. The molecule has 21 heavy (non-hydrogen) atoms. The van der Waals surface area contributed by atoms with Crippen molar-refractivity contribution in [1.29, 1.82) is 0 Å². The normalized spacial score (nSPS) is 11.0. The molecule has 0 saturated carbocycles. The Bertz CT molecular complexity index is 797. The van der Waals surface area contributed by atoms with Crippen molar-refractivity contribution in [3.05, 3.63) is 52.5 Å². The average molecular weight is 346 g/mol. The van der Waals surface area contributed by atoms with Gasteiger partial charge in [-0.15, -0.1) is 0 Å². The minimum Gasteiger partial charge on any atom is -0.469 e. The quantitative estimate of drug-likeness (QED) is 0.725. The van der Waals surface area contributed by atoms with Crippen LogP contribution in [0.5, 0.6) is 0 Å². The first-order chi connectivity index (χ1) is 10.1. The lowest BCUT2D eigenvalue weighted by Gasteiger charge is -2.21. The smallest absolute Gasteiger partial charge is 0.105 e. The van der Waals surface area contributed by atoms with Gasteiger partial charge in [0.15, 0.2) is 0 Å². The minimum absolute atomic E-state index is 0.732. The molecular formula is C16H16BrN3O. The van der Waals surface area contributed by atoms with E-state index in [0.717, 1.165) is 39.1 Å². The molecule has 0 bridgehead atoms. The highest BCUT2D eigenvalue weighted by Crippen LogP contribution is 2.31. The standard InChI is InChI=1S/C16H16BrN3O/c1-10-11(5-6-21-10)9-20(2)15-4-3-14(18)13-7-12(17)8-19-16(13)15/h3-8H,9,18H2,1-2H3. The molecule has 2 heterocycles. The lowest BCUT2D eigenvalue weighted by atomic mass is 10.1. The number of pyridine rings is 1. The fourth-order valence-electron chi connectivity index (χ4n) is 2.42. The number of hydrogen-bond acceptors (Lipinski definition) is 4. The first-order valence-electron chi connectivity index (χ1n) is 6.64. The van der Waals surface area contributed by atoms with Crippen LogP contribution in [-0.4, -0.2) is 12.0 Å². The van der Waals surface area contributed by atoms with E-state index >= 15 is 0 Å². The maximum Gasteiger partial charge on any atom is 0.105 e. The Labute approximate surface area is 131 Å². The summed E-state index contributed by atoms with van der Waals surface area (Å²) in [6, 6.07) is 7.92. The number of hydrogen-bond donors (Lipinski definition) is 1. The molecule has 0 spiro atoms. The van der Waals surface area contributed by atoms with E-state index in [2.05, 4.69) is 25.8 Å². The van der Waals surface area contributed by atoms with E-state index in [4.69, 9.17) is 10.2 Å². The summed E-state index contributed by atoms with van der Waals surface area (Å²) in [6.07, 6.45) is 3.51. The summed E-state index contributed by atoms with van der Waals surface area (Å²) in [6.45, 7) is 2.73. The Morgan fingerprint density at radius 2 is 2.14 bits per heavy atom. The molecule has 108 valence electrons. The number of furan rings is 1. The van der Waals surface area contributed by atoms with Crippen LogP contribution >= 0.6 is 15.9 Å². The lowest BCUT2D eigenvalue weighted by molar-refractivity contribution is 0.529. The molecule has 0 aliphatic heterocycles. The van der Waals surface area contributed by atoms with Gasteiger partial charge in [0, 0.05) is 40.9 Å². The summed E-state index contributed by atoms with van der Waals surface area (Å²) in [5.74, 6) is 0.942. The summed E-state index contributed by atoms with van der Waals surface area (Å²) >= 11 is 3.44. The SMILES string of the molecule is Cc1occc1CN(C)c1ccc(N)c2cc(Br)cnc12. The van der Waals surface area contributed by atoms with Gasteiger partial charge in [0.05, 0.1) is 17.5 Å². The van der Waals surface area contributed by atoms with Crippen LogP contribution in [0, 0.1) is 6.92 Å². The Kier molecular flexibility index (Phi) is 3.59. The van der Waals surface area contributed by atoms with Crippen molar-refractivity contribution < 1.29 is 4.42 Å². The van der Waals surface area contributed by atoms with Crippen LogP contribution in [-0.2, 0) is 6.54 Å². The maximum absolute atomic E-state index is 6.06. The molecular weight excluding hydrogens is 330 g/mol. The third-order valence-corrected chi connectivity index (χ3v) is 4.05. The molecule has 0 amide bonds. The molecule has 4 nitrogen and oxygen atoms in total. The van der Waals surface area contributed by atoms with E-state index < -0.39 is 0 Å². The van der Waals surface area contributed by atoms with E-state index in [-0.39, 0.29) is 0 Å². The highest BCUT2D eigenvalue weighted by Gasteiger charge is 2.12. The second kappa shape index (κ2) is 5.41. The summed E-state index contributed by atoms with van der Waals surface area (Å²) in [7, 11) is 2.04. The van der Waals surface area contributed by atoms with Gasteiger partial charge < -0.3 is 15.1 Å². The second-order valence-corrected chi connectivity index (χ2v) is 6.00. The fourth-order valence-corrected chi connectivity index (χ4v) is 2.76. The Balaban J connectivity index is 2.04. The average Bonchev–Trinajstić information content (AvgIpc) is 2.85. The van der Waals surface area contributed by atoms with E-state index in [1.807, 2.05) is 38.2 Å². The third kappa shape index (κ3) is 2.61. The van der Waals surface area contributed by atoms with Gasteiger partial charge in [-0.2, -0.15) is 0 Å². The number of anilines is 2. The number of halogens is 1. The van der Waals surface area contributed by atoms with Gasteiger partial charge in [0.1, 0.15) is 5.76 Å². The number of nitrogen functional groups attached to an aromatic ring is 1. The lowest BCUT2D eigenvalue weighted by Crippen LogP contribution is -2.17. The van der Waals surface area contributed by atoms with Crippen molar-refractivity contribution in [2.24, 2.45) is 0 Å². The highest BCUT2D eigenvalue weighted by molar-refractivity contribution is 9.10. The minimum atomic E-state index is 0.732. The molecule has 0 radical (unpaired) electrons. The molecule has 0 fully saturated rings. The van der Waals surface area contributed by atoms with Crippen LogP contribution < -0.4 is 10.6 Å². The Morgan fingerprint density at radius 1 is 1.33 bits per heavy atom. The van der Waals surface area contributed by atoms with Crippen molar-refractivity contribution in [2.75, 3.05) is 17.7 Å². The van der Waals surface area contributed by atoms with Crippen molar-refractivity contribution in [1.82, 2.24) is 4.98 Å². The first-order valence-corrected chi connectivity index (χ1v) is 7.43. The predicted octanol–water partition coefficient (Wildman–Crippen LogP) is 4.12. The summed E-state index contributed by atoms with van der Waals surface area (Å²) < 4.78 is 6.28.